The van der Waals surface area contributed by atoms with Crippen LogP contribution in [0.3, 0.4) is 0 Å². The first-order chi connectivity index (χ1) is 7.13. The zero-order chi connectivity index (χ0) is 11.7. The molecule has 0 aliphatic heterocycles. The van der Waals surface area contributed by atoms with Crippen LogP contribution >= 0.6 is 0 Å². The molecule has 3 heteroatoms. The first-order valence-electron chi connectivity index (χ1n) is 6.05. The number of hydrogen-bond donors (Lipinski definition) is 2. The molecule has 0 amide bonds. The van der Waals surface area contributed by atoms with Crippen LogP contribution in [0.2, 0.25) is 0 Å². The van der Waals surface area contributed by atoms with Crippen LogP contribution < -0.4 is 10.6 Å². The molecule has 0 aliphatic rings. The maximum absolute atomic E-state index is 11.7. The van der Waals surface area contributed by atoms with Gasteiger partial charge in [0.05, 0.1) is 6.04 Å². The van der Waals surface area contributed by atoms with E-state index in [0.29, 0.717) is 5.78 Å². The number of Topliss-reactive ketones (excluding diaryl/α,β-unsaturated/α-hetero) is 1. The number of carbonyl (C=O) groups excluding carboxylic acids is 1. The average Bonchev–Trinajstić information content (AvgIpc) is 2.22. The second-order valence-corrected chi connectivity index (χ2v) is 4.25. The number of likely N-dealkylation sites (N-methyl/N-ethyl adjacent to an activating group) is 1. The molecule has 0 aromatic carbocycles. The third kappa shape index (κ3) is 6.63. The molecule has 0 fully saturated rings. The summed E-state index contributed by atoms with van der Waals surface area (Å²) in [5, 5.41) is 6.39. The molecule has 0 aromatic heterocycles. The predicted octanol–water partition coefficient (Wildman–Crippen LogP) is 1.58. The van der Waals surface area contributed by atoms with Crippen LogP contribution in [0, 0.1) is 5.92 Å². The second kappa shape index (κ2) is 8.86. The van der Waals surface area contributed by atoms with E-state index in [9.17, 15) is 4.79 Å². The fourth-order valence-corrected chi connectivity index (χ4v) is 1.61. The van der Waals surface area contributed by atoms with Crippen molar-refractivity contribution in [1.29, 1.82) is 0 Å². The van der Waals surface area contributed by atoms with Gasteiger partial charge in [-0.2, -0.15) is 0 Å². The fourth-order valence-electron chi connectivity index (χ4n) is 1.61. The van der Waals surface area contributed by atoms with Gasteiger partial charge in [-0.1, -0.05) is 27.2 Å². The molecular formula is C12H26N2O. The highest BCUT2D eigenvalue weighted by atomic mass is 16.1. The Morgan fingerprint density at radius 2 is 1.93 bits per heavy atom. The van der Waals surface area contributed by atoms with Crippen LogP contribution in [-0.4, -0.2) is 32.0 Å². The first-order valence-corrected chi connectivity index (χ1v) is 6.05. The molecule has 15 heavy (non-hydrogen) atoms. The van der Waals surface area contributed by atoms with Crippen molar-refractivity contribution in [3.8, 4) is 0 Å². The van der Waals surface area contributed by atoms with E-state index in [0.717, 1.165) is 32.4 Å². The van der Waals surface area contributed by atoms with Gasteiger partial charge in [0.2, 0.25) is 0 Å². The summed E-state index contributed by atoms with van der Waals surface area (Å²) in [5.41, 5.74) is 0. The Kier molecular flexibility index (Phi) is 8.62. The molecule has 0 rings (SSSR count). The number of carbonyl (C=O) groups is 1. The summed E-state index contributed by atoms with van der Waals surface area (Å²) < 4.78 is 0. The highest BCUT2D eigenvalue weighted by molar-refractivity contribution is 5.85. The standard InChI is InChI=1S/C12H26N2O/c1-5-14-9-7-6-8-11(13-4)12(15)10(2)3/h10-11,13-14H,5-9H2,1-4H3. The van der Waals surface area contributed by atoms with Crippen LogP contribution in [0.15, 0.2) is 0 Å². The van der Waals surface area contributed by atoms with E-state index in [1.54, 1.807) is 0 Å². The van der Waals surface area contributed by atoms with Gasteiger partial charge in [0, 0.05) is 5.92 Å². The molecule has 0 saturated carbocycles. The Bertz CT molecular complexity index is 169. The summed E-state index contributed by atoms with van der Waals surface area (Å²) in [5.74, 6) is 0.470. The molecular weight excluding hydrogens is 188 g/mol. The van der Waals surface area contributed by atoms with Crippen LogP contribution in [0.25, 0.3) is 0 Å². The minimum Gasteiger partial charge on any atom is -0.317 e. The van der Waals surface area contributed by atoms with Gasteiger partial charge in [-0.3, -0.25) is 4.79 Å². The lowest BCUT2D eigenvalue weighted by molar-refractivity contribution is -0.124. The molecule has 0 radical (unpaired) electrons. The topological polar surface area (TPSA) is 41.1 Å². The number of rotatable bonds is 9. The molecule has 0 spiro atoms. The predicted molar refractivity (Wildman–Crippen MR) is 65.1 cm³/mol. The Labute approximate surface area is 94.0 Å². The molecule has 2 N–H and O–H groups in total. The monoisotopic (exact) mass is 214 g/mol. The lowest BCUT2D eigenvalue weighted by Gasteiger charge is -2.16. The van der Waals surface area contributed by atoms with Crippen molar-refractivity contribution in [3.63, 3.8) is 0 Å². The van der Waals surface area contributed by atoms with Crippen molar-refractivity contribution in [2.75, 3.05) is 20.1 Å². The molecule has 0 bridgehead atoms. The third-order valence-electron chi connectivity index (χ3n) is 2.61. The minimum absolute atomic E-state index is 0.0478. The average molecular weight is 214 g/mol. The van der Waals surface area contributed by atoms with Gasteiger partial charge in [-0.25, -0.2) is 0 Å². The van der Waals surface area contributed by atoms with Crippen LogP contribution in [0.5, 0.6) is 0 Å². The van der Waals surface area contributed by atoms with Gasteiger partial charge in [0.15, 0.2) is 5.78 Å². The quantitative estimate of drug-likeness (QED) is 0.573. The van der Waals surface area contributed by atoms with Crippen molar-refractivity contribution in [1.82, 2.24) is 10.6 Å². The summed E-state index contributed by atoms with van der Waals surface area (Å²) in [4.78, 5) is 11.7. The summed E-state index contributed by atoms with van der Waals surface area (Å²) >= 11 is 0. The molecule has 1 unspecified atom stereocenters. The summed E-state index contributed by atoms with van der Waals surface area (Å²) in [6, 6.07) is 0.0478. The summed E-state index contributed by atoms with van der Waals surface area (Å²) in [7, 11) is 1.87. The van der Waals surface area contributed by atoms with E-state index in [2.05, 4.69) is 17.6 Å². The van der Waals surface area contributed by atoms with E-state index in [1.165, 1.54) is 0 Å². The zero-order valence-electron chi connectivity index (χ0n) is 10.6. The van der Waals surface area contributed by atoms with Crippen molar-refractivity contribution in [2.24, 2.45) is 5.92 Å². The van der Waals surface area contributed by atoms with Crippen LogP contribution in [0.1, 0.15) is 40.0 Å². The largest absolute Gasteiger partial charge is 0.317 e. The van der Waals surface area contributed by atoms with Gasteiger partial charge in [-0.15, -0.1) is 0 Å². The zero-order valence-corrected chi connectivity index (χ0v) is 10.6. The van der Waals surface area contributed by atoms with E-state index in [4.69, 9.17) is 0 Å². The Balaban J connectivity index is 3.66. The molecule has 1 atom stereocenters. The summed E-state index contributed by atoms with van der Waals surface area (Å²) in [6.45, 7) is 8.12. The smallest absolute Gasteiger partial charge is 0.152 e. The number of hydrogen-bond acceptors (Lipinski definition) is 3. The third-order valence-corrected chi connectivity index (χ3v) is 2.61. The molecule has 0 aromatic rings. The molecule has 0 saturated heterocycles. The van der Waals surface area contributed by atoms with E-state index >= 15 is 0 Å². The Hall–Kier alpha value is -0.410. The lowest BCUT2D eigenvalue weighted by atomic mass is 9.97. The Morgan fingerprint density at radius 3 is 2.40 bits per heavy atom. The minimum atomic E-state index is 0.0478. The van der Waals surface area contributed by atoms with Gasteiger partial charge in [0.25, 0.3) is 0 Å². The number of ketones is 1. The second-order valence-electron chi connectivity index (χ2n) is 4.25. The first kappa shape index (κ1) is 14.6. The fraction of sp³-hybridized carbons (Fsp3) is 0.917. The lowest BCUT2D eigenvalue weighted by Crippen LogP contribution is -2.36. The SMILES string of the molecule is CCNCCCCC(NC)C(=O)C(C)C. The highest BCUT2D eigenvalue weighted by Crippen LogP contribution is 2.06. The van der Waals surface area contributed by atoms with Gasteiger partial charge >= 0.3 is 0 Å². The van der Waals surface area contributed by atoms with Crippen molar-refractivity contribution >= 4 is 5.78 Å². The van der Waals surface area contributed by atoms with Gasteiger partial charge in [-0.05, 0) is 33.0 Å². The summed E-state index contributed by atoms with van der Waals surface area (Å²) in [6.07, 6.45) is 3.22. The highest BCUT2D eigenvalue weighted by Gasteiger charge is 2.18. The number of unbranched alkanes of at least 4 members (excludes halogenated alkanes) is 1. The molecule has 0 heterocycles. The maximum atomic E-state index is 11.7. The van der Waals surface area contributed by atoms with Gasteiger partial charge in [0.1, 0.15) is 0 Å². The maximum Gasteiger partial charge on any atom is 0.152 e. The number of nitrogens with one attached hydrogen (secondary N) is 2. The normalized spacial score (nSPS) is 13.1. The van der Waals surface area contributed by atoms with E-state index in [-0.39, 0.29) is 12.0 Å². The molecule has 90 valence electrons. The van der Waals surface area contributed by atoms with Crippen molar-refractivity contribution < 1.29 is 4.79 Å². The molecule has 0 aliphatic carbocycles. The van der Waals surface area contributed by atoms with Crippen LogP contribution in [0.4, 0.5) is 0 Å². The van der Waals surface area contributed by atoms with Crippen LogP contribution in [-0.2, 0) is 4.79 Å². The van der Waals surface area contributed by atoms with Crippen molar-refractivity contribution in [3.05, 3.63) is 0 Å². The molecule has 3 nitrogen and oxygen atoms in total. The van der Waals surface area contributed by atoms with Gasteiger partial charge < -0.3 is 10.6 Å². The van der Waals surface area contributed by atoms with E-state index < -0.39 is 0 Å². The van der Waals surface area contributed by atoms with Crippen molar-refractivity contribution in [2.45, 2.75) is 46.1 Å². The Morgan fingerprint density at radius 1 is 1.27 bits per heavy atom. The van der Waals surface area contributed by atoms with E-state index in [1.807, 2.05) is 20.9 Å².